The molecule has 4 aromatic rings. The van der Waals surface area contributed by atoms with Gasteiger partial charge in [-0.1, -0.05) is 228 Å². The van der Waals surface area contributed by atoms with Crippen LogP contribution in [0.5, 0.6) is 0 Å². The summed E-state index contributed by atoms with van der Waals surface area (Å²) in [6.07, 6.45) is 37.9. The molecule has 318 valence electrons. The van der Waals surface area contributed by atoms with E-state index < -0.39 is 0 Å². The van der Waals surface area contributed by atoms with Crippen LogP contribution >= 0.6 is 0 Å². The minimum Gasteiger partial charge on any atom is -0.399 e. The van der Waals surface area contributed by atoms with Crippen molar-refractivity contribution in [3.63, 3.8) is 0 Å². The topological polar surface area (TPSA) is 52.0 Å². The molecule has 0 amide bonds. The average Bonchev–Trinajstić information content (AvgIpc) is 3.25. The second-order valence-electron chi connectivity index (χ2n) is 17.8. The van der Waals surface area contributed by atoms with Gasteiger partial charge < -0.3 is 11.5 Å². The van der Waals surface area contributed by atoms with E-state index in [0.29, 0.717) is 11.8 Å². The van der Waals surface area contributed by atoms with Crippen LogP contribution in [0.3, 0.4) is 0 Å². The third-order valence-corrected chi connectivity index (χ3v) is 12.8. The largest absolute Gasteiger partial charge is 0.399 e. The van der Waals surface area contributed by atoms with Gasteiger partial charge in [0, 0.05) is 23.2 Å². The Balaban J connectivity index is 0.924. The highest BCUT2D eigenvalue weighted by atomic mass is 14.5. The predicted octanol–water partition coefficient (Wildman–Crippen LogP) is 17.1. The quantitative estimate of drug-likeness (QED) is 0.0373. The maximum atomic E-state index is 5.98. The second kappa shape index (κ2) is 29.7. The molecule has 0 bridgehead atoms. The summed E-state index contributed by atoms with van der Waals surface area (Å²) in [7, 11) is 0. The van der Waals surface area contributed by atoms with Crippen molar-refractivity contribution in [1.29, 1.82) is 0 Å². The number of anilines is 2. The fourth-order valence-corrected chi connectivity index (χ4v) is 9.03. The molecule has 2 nitrogen and oxygen atoms in total. The number of aryl methyl sites for hydroxylation is 2. The van der Waals surface area contributed by atoms with E-state index in [1.807, 2.05) is 0 Å². The van der Waals surface area contributed by atoms with Crippen molar-refractivity contribution in [2.75, 3.05) is 11.5 Å². The fraction of sp³-hybridized carbons (Fsp3) is 0.571. The lowest BCUT2D eigenvalue weighted by atomic mass is 9.86. The maximum Gasteiger partial charge on any atom is 0.0314 e. The van der Waals surface area contributed by atoms with Crippen LogP contribution in [0.15, 0.2) is 97.1 Å². The normalized spacial score (nSPS) is 12.5. The van der Waals surface area contributed by atoms with Gasteiger partial charge in [-0.2, -0.15) is 0 Å². The first-order chi connectivity index (χ1) is 28.6. The first kappa shape index (κ1) is 47.2. The predicted molar refractivity (Wildman–Crippen MR) is 257 cm³/mol. The molecule has 4 N–H and O–H groups in total. The van der Waals surface area contributed by atoms with E-state index in [2.05, 4.69) is 111 Å². The Kier molecular flexibility index (Phi) is 24.1. The Morgan fingerprint density at radius 3 is 0.793 bits per heavy atom. The summed E-state index contributed by atoms with van der Waals surface area (Å²) >= 11 is 0. The lowest BCUT2D eigenvalue weighted by Gasteiger charge is -2.19. The molecule has 0 aliphatic rings. The van der Waals surface area contributed by atoms with Crippen LogP contribution in [0, 0.1) is 0 Å². The van der Waals surface area contributed by atoms with Crippen molar-refractivity contribution in [2.45, 2.75) is 205 Å². The molecule has 4 rings (SSSR count). The third kappa shape index (κ3) is 19.0. The molecule has 0 aliphatic carbocycles. The van der Waals surface area contributed by atoms with Crippen molar-refractivity contribution in [3.05, 3.63) is 130 Å². The molecule has 0 aliphatic heterocycles. The summed E-state index contributed by atoms with van der Waals surface area (Å²) in [5.74, 6) is 0.945. The molecule has 2 heteroatoms. The molecule has 2 atom stereocenters. The summed E-state index contributed by atoms with van der Waals surface area (Å²) in [6.45, 7) is 4.57. The van der Waals surface area contributed by atoms with Gasteiger partial charge in [-0.15, -0.1) is 0 Å². The average molecular weight is 785 g/mol. The van der Waals surface area contributed by atoms with Gasteiger partial charge in [-0.05, 0) is 96.2 Å². The van der Waals surface area contributed by atoms with E-state index >= 15 is 0 Å². The minimum absolute atomic E-state index is 0.473. The van der Waals surface area contributed by atoms with E-state index in [-0.39, 0.29) is 0 Å². The van der Waals surface area contributed by atoms with Crippen molar-refractivity contribution >= 4 is 11.4 Å². The van der Waals surface area contributed by atoms with Gasteiger partial charge in [0.25, 0.3) is 0 Å². The zero-order valence-corrected chi connectivity index (χ0v) is 37.3. The van der Waals surface area contributed by atoms with Gasteiger partial charge in [0.05, 0.1) is 0 Å². The molecule has 0 radical (unpaired) electrons. The number of unbranched alkanes of at least 4 members (excludes halogenated alkanes) is 21. The van der Waals surface area contributed by atoms with Gasteiger partial charge in [0.2, 0.25) is 0 Å². The number of hydrogen-bond donors (Lipinski definition) is 2. The standard InChI is InChI=1S/C56H84N2/c1-3-5-23-29-55(51-39-43-53(57)44-40-51)49-35-31-47(32-36-49)27-25-21-19-17-15-13-11-9-7-8-10-12-14-16-18-20-22-26-28-48-33-37-50(38-34-48)56(30-24-6-4-2)52-41-45-54(58)46-42-52/h31-46,55-56H,3-30,57-58H2,1-2H3. The van der Waals surface area contributed by atoms with Crippen LogP contribution in [0.2, 0.25) is 0 Å². The van der Waals surface area contributed by atoms with E-state index in [9.17, 15) is 0 Å². The van der Waals surface area contributed by atoms with Crippen LogP contribution < -0.4 is 11.5 Å². The van der Waals surface area contributed by atoms with Gasteiger partial charge >= 0.3 is 0 Å². The zero-order chi connectivity index (χ0) is 40.9. The van der Waals surface area contributed by atoms with Gasteiger partial charge in [-0.25, -0.2) is 0 Å². The van der Waals surface area contributed by atoms with Gasteiger partial charge in [0.15, 0.2) is 0 Å². The zero-order valence-electron chi connectivity index (χ0n) is 37.3. The Labute approximate surface area is 357 Å². The lowest BCUT2D eigenvalue weighted by molar-refractivity contribution is 0.524. The van der Waals surface area contributed by atoms with E-state index in [4.69, 9.17) is 11.5 Å². The molecule has 0 heterocycles. The molecule has 0 fully saturated rings. The Morgan fingerprint density at radius 1 is 0.293 bits per heavy atom. The number of nitrogens with two attached hydrogens (primary N) is 2. The molecule has 0 aromatic heterocycles. The molecule has 2 unspecified atom stereocenters. The first-order valence-electron chi connectivity index (χ1n) is 24.5. The molecule has 58 heavy (non-hydrogen) atoms. The smallest absolute Gasteiger partial charge is 0.0314 e. The van der Waals surface area contributed by atoms with Crippen LogP contribution in [-0.2, 0) is 12.8 Å². The Morgan fingerprint density at radius 2 is 0.534 bits per heavy atom. The van der Waals surface area contributed by atoms with Crippen molar-refractivity contribution in [2.24, 2.45) is 0 Å². The second-order valence-corrected chi connectivity index (χ2v) is 17.8. The number of benzene rings is 4. The summed E-state index contributed by atoms with van der Waals surface area (Å²) < 4.78 is 0. The maximum absolute atomic E-state index is 5.98. The van der Waals surface area contributed by atoms with E-state index in [0.717, 1.165) is 11.4 Å². The van der Waals surface area contributed by atoms with E-state index in [1.54, 1.807) is 0 Å². The summed E-state index contributed by atoms with van der Waals surface area (Å²) in [5.41, 5.74) is 22.3. The monoisotopic (exact) mass is 785 g/mol. The molecule has 0 saturated carbocycles. The SMILES string of the molecule is CCCCCC(c1ccc(N)cc1)c1ccc(CCCCCCCCCCCCCCCCCCCCc2ccc(C(CCCCC)c3ccc(N)cc3)cc2)cc1. The fourth-order valence-electron chi connectivity index (χ4n) is 9.03. The van der Waals surface area contributed by atoms with Gasteiger partial charge in [0.1, 0.15) is 0 Å². The third-order valence-electron chi connectivity index (χ3n) is 12.8. The number of hydrogen-bond acceptors (Lipinski definition) is 2. The summed E-state index contributed by atoms with van der Waals surface area (Å²) in [6, 6.07) is 36.2. The van der Waals surface area contributed by atoms with Crippen molar-refractivity contribution < 1.29 is 0 Å². The molecular weight excluding hydrogens is 701 g/mol. The minimum atomic E-state index is 0.473. The van der Waals surface area contributed by atoms with Crippen LogP contribution in [0.1, 0.15) is 226 Å². The number of nitrogen functional groups attached to an aromatic ring is 2. The van der Waals surface area contributed by atoms with Crippen LogP contribution in [-0.4, -0.2) is 0 Å². The van der Waals surface area contributed by atoms with Gasteiger partial charge in [-0.3, -0.25) is 0 Å². The Hall–Kier alpha value is -3.52. The van der Waals surface area contributed by atoms with Crippen LogP contribution in [0.25, 0.3) is 0 Å². The highest BCUT2D eigenvalue weighted by Crippen LogP contribution is 2.32. The summed E-state index contributed by atoms with van der Waals surface area (Å²) in [4.78, 5) is 0. The van der Waals surface area contributed by atoms with Crippen molar-refractivity contribution in [3.8, 4) is 0 Å². The number of rotatable bonds is 33. The lowest BCUT2D eigenvalue weighted by Crippen LogP contribution is -2.02. The van der Waals surface area contributed by atoms with E-state index in [1.165, 1.54) is 213 Å². The molecule has 0 spiro atoms. The highest BCUT2D eigenvalue weighted by Gasteiger charge is 2.15. The first-order valence-corrected chi connectivity index (χ1v) is 24.5. The Bertz CT molecular complexity index is 1430. The molecule has 4 aromatic carbocycles. The van der Waals surface area contributed by atoms with Crippen molar-refractivity contribution in [1.82, 2.24) is 0 Å². The molecular formula is C56H84N2. The van der Waals surface area contributed by atoms with Crippen LogP contribution in [0.4, 0.5) is 11.4 Å². The summed E-state index contributed by atoms with van der Waals surface area (Å²) in [5, 5.41) is 0. The highest BCUT2D eigenvalue weighted by molar-refractivity contribution is 5.44. The molecule has 0 saturated heterocycles.